The number of alkyl halides is 3. The molecule has 2 aromatic heterocycles. The number of hydrogen-bond acceptors (Lipinski definition) is 7. The van der Waals surface area contributed by atoms with Crippen molar-refractivity contribution in [3.63, 3.8) is 0 Å². The summed E-state index contributed by atoms with van der Waals surface area (Å²) in [5.74, 6) is -0.435. The molecule has 37 heavy (non-hydrogen) atoms. The number of carbonyl (C=O) groups excluding carboxylic acids is 1. The summed E-state index contributed by atoms with van der Waals surface area (Å²) < 4.78 is 42.2. The predicted molar refractivity (Wildman–Crippen MR) is 132 cm³/mol. The topological polar surface area (TPSA) is 131 Å². The second kappa shape index (κ2) is 10.8. The number of aromatic nitrogens is 4. The number of anilines is 3. The number of nitrogens with one attached hydrogen (secondary N) is 2. The Morgan fingerprint density at radius 3 is 2.51 bits per heavy atom. The van der Waals surface area contributed by atoms with Gasteiger partial charge in [0.1, 0.15) is 5.56 Å². The molecular formula is C25H24F3N7O2. The SMILES string of the molecule is CCn1cc(-c2nc(Nc3ccc(C(=O)Nc4cc(CO)ccc4CN)cc3)ncc2C(F)(F)F)cn1. The summed E-state index contributed by atoms with van der Waals surface area (Å²) in [4.78, 5) is 20.7. The average Bonchev–Trinajstić information content (AvgIpc) is 3.38. The maximum Gasteiger partial charge on any atom is 0.419 e. The van der Waals surface area contributed by atoms with Crippen molar-refractivity contribution in [1.29, 1.82) is 0 Å². The minimum atomic E-state index is -4.64. The van der Waals surface area contributed by atoms with E-state index in [1.165, 1.54) is 17.1 Å². The minimum Gasteiger partial charge on any atom is -0.392 e. The van der Waals surface area contributed by atoms with Gasteiger partial charge in [-0.3, -0.25) is 9.48 Å². The molecule has 0 bridgehead atoms. The van der Waals surface area contributed by atoms with Gasteiger partial charge in [0.15, 0.2) is 0 Å². The molecule has 4 rings (SSSR count). The van der Waals surface area contributed by atoms with Crippen LogP contribution in [0.5, 0.6) is 0 Å². The number of carbonyl (C=O) groups is 1. The van der Waals surface area contributed by atoms with Crippen LogP contribution in [0.1, 0.15) is 34.0 Å². The maximum atomic E-state index is 13.6. The molecule has 2 aromatic carbocycles. The number of aliphatic hydroxyl groups is 1. The van der Waals surface area contributed by atoms with Gasteiger partial charge in [0, 0.05) is 48.0 Å². The molecule has 0 fully saturated rings. The lowest BCUT2D eigenvalue weighted by Crippen LogP contribution is -2.14. The number of benzene rings is 2. The smallest absolute Gasteiger partial charge is 0.392 e. The van der Waals surface area contributed by atoms with E-state index in [4.69, 9.17) is 5.73 Å². The lowest BCUT2D eigenvalue weighted by molar-refractivity contribution is -0.137. The summed E-state index contributed by atoms with van der Waals surface area (Å²) in [6.45, 7) is 2.35. The zero-order valence-electron chi connectivity index (χ0n) is 19.8. The Labute approximate surface area is 210 Å². The van der Waals surface area contributed by atoms with Gasteiger partial charge < -0.3 is 21.5 Å². The van der Waals surface area contributed by atoms with Crippen molar-refractivity contribution in [2.75, 3.05) is 10.6 Å². The van der Waals surface area contributed by atoms with Gasteiger partial charge >= 0.3 is 6.18 Å². The highest BCUT2D eigenvalue weighted by Gasteiger charge is 2.35. The number of nitrogens with two attached hydrogens (primary N) is 1. The van der Waals surface area contributed by atoms with E-state index in [1.807, 2.05) is 6.92 Å². The molecule has 5 N–H and O–H groups in total. The van der Waals surface area contributed by atoms with Gasteiger partial charge in [0.05, 0.1) is 18.5 Å². The predicted octanol–water partition coefficient (Wildman–Crippen LogP) is 4.33. The summed E-state index contributed by atoms with van der Waals surface area (Å²) in [7, 11) is 0. The zero-order valence-corrected chi connectivity index (χ0v) is 19.8. The van der Waals surface area contributed by atoms with E-state index in [2.05, 4.69) is 25.7 Å². The van der Waals surface area contributed by atoms with Gasteiger partial charge in [-0.25, -0.2) is 9.97 Å². The molecule has 0 spiro atoms. The maximum absolute atomic E-state index is 13.6. The molecule has 0 unspecified atom stereocenters. The van der Waals surface area contributed by atoms with Crippen LogP contribution in [0.3, 0.4) is 0 Å². The van der Waals surface area contributed by atoms with Crippen LogP contribution in [0.25, 0.3) is 11.3 Å². The molecule has 0 saturated heterocycles. The normalized spacial score (nSPS) is 11.4. The molecule has 0 aliphatic rings. The highest BCUT2D eigenvalue weighted by atomic mass is 19.4. The van der Waals surface area contributed by atoms with Crippen molar-refractivity contribution < 1.29 is 23.1 Å². The van der Waals surface area contributed by atoms with Crippen LogP contribution in [0.2, 0.25) is 0 Å². The van der Waals surface area contributed by atoms with E-state index in [1.54, 1.807) is 42.5 Å². The van der Waals surface area contributed by atoms with Crippen molar-refractivity contribution in [1.82, 2.24) is 19.7 Å². The highest BCUT2D eigenvalue weighted by Crippen LogP contribution is 2.36. The fourth-order valence-corrected chi connectivity index (χ4v) is 3.57. The lowest BCUT2D eigenvalue weighted by atomic mass is 10.1. The first-order chi connectivity index (χ1) is 17.7. The number of rotatable bonds is 8. The van der Waals surface area contributed by atoms with Crippen molar-refractivity contribution in [2.24, 2.45) is 5.73 Å². The van der Waals surface area contributed by atoms with Crippen LogP contribution in [-0.4, -0.2) is 30.8 Å². The molecule has 1 amide bonds. The van der Waals surface area contributed by atoms with Crippen molar-refractivity contribution >= 4 is 23.2 Å². The third kappa shape index (κ3) is 5.93. The van der Waals surface area contributed by atoms with Crippen LogP contribution in [0, 0.1) is 0 Å². The molecular weight excluding hydrogens is 487 g/mol. The summed E-state index contributed by atoms with van der Waals surface area (Å²) in [5.41, 5.74) is 7.34. The molecule has 0 aliphatic carbocycles. The van der Waals surface area contributed by atoms with Crippen LogP contribution >= 0.6 is 0 Å². The summed E-state index contributed by atoms with van der Waals surface area (Å²) in [6, 6.07) is 11.4. The molecule has 2 heterocycles. The lowest BCUT2D eigenvalue weighted by Gasteiger charge is -2.13. The van der Waals surface area contributed by atoms with Gasteiger partial charge in [0.25, 0.3) is 5.91 Å². The molecule has 4 aromatic rings. The van der Waals surface area contributed by atoms with Crippen LogP contribution in [0.15, 0.2) is 61.1 Å². The Morgan fingerprint density at radius 2 is 1.89 bits per heavy atom. The number of aryl methyl sites for hydroxylation is 1. The Balaban J connectivity index is 1.54. The van der Waals surface area contributed by atoms with E-state index in [9.17, 15) is 23.1 Å². The molecule has 0 aliphatic heterocycles. The number of nitrogens with zero attached hydrogens (tertiary/aromatic N) is 4. The fraction of sp³-hybridized carbons (Fsp3) is 0.200. The van der Waals surface area contributed by atoms with Gasteiger partial charge in [-0.2, -0.15) is 18.3 Å². The second-order valence-corrected chi connectivity index (χ2v) is 8.05. The number of aliphatic hydroxyl groups excluding tert-OH is 1. The van der Waals surface area contributed by atoms with Gasteiger partial charge in [0.2, 0.25) is 5.95 Å². The minimum absolute atomic E-state index is 0.0437. The monoisotopic (exact) mass is 511 g/mol. The second-order valence-electron chi connectivity index (χ2n) is 8.05. The Kier molecular flexibility index (Phi) is 7.50. The number of hydrogen-bond donors (Lipinski definition) is 4. The molecule has 192 valence electrons. The largest absolute Gasteiger partial charge is 0.419 e. The molecule has 0 radical (unpaired) electrons. The summed E-state index contributed by atoms with van der Waals surface area (Å²) in [5, 5.41) is 19.0. The third-order valence-electron chi connectivity index (χ3n) is 5.55. The highest BCUT2D eigenvalue weighted by molar-refractivity contribution is 6.04. The standard InChI is InChI=1S/C25H24F3N7O2/c1-2-35-13-18(11-31-35)22-20(25(26,27)28)12-30-24(34-22)32-19-7-5-16(6-8-19)23(37)33-21-9-15(14-36)3-4-17(21)10-29/h3-9,11-13,36H,2,10,14,29H2,1H3,(H,33,37)(H,30,32,34). The number of halogens is 3. The van der Waals surface area contributed by atoms with Crippen molar-refractivity contribution in [3.8, 4) is 11.3 Å². The van der Waals surface area contributed by atoms with E-state index in [0.717, 1.165) is 6.20 Å². The number of amides is 1. The Bertz CT molecular complexity index is 1400. The molecule has 0 atom stereocenters. The van der Waals surface area contributed by atoms with E-state index in [0.29, 0.717) is 34.6 Å². The first kappa shape index (κ1) is 25.8. The first-order valence-corrected chi connectivity index (χ1v) is 11.3. The molecule has 12 heteroatoms. The van der Waals surface area contributed by atoms with Gasteiger partial charge in [-0.15, -0.1) is 0 Å². The Hall–Kier alpha value is -4.29. The van der Waals surface area contributed by atoms with Crippen molar-refractivity contribution in [2.45, 2.75) is 32.8 Å². The summed E-state index contributed by atoms with van der Waals surface area (Å²) >= 11 is 0. The zero-order chi connectivity index (χ0) is 26.6. The molecule has 0 saturated carbocycles. The Morgan fingerprint density at radius 1 is 1.14 bits per heavy atom. The van der Waals surface area contributed by atoms with E-state index >= 15 is 0 Å². The van der Waals surface area contributed by atoms with Crippen LogP contribution < -0.4 is 16.4 Å². The summed E-state index contributed by atoms with van der Waals surface area (Å²) in [6.07, 6.45) is -1.10. The molecule has 9 nitrogen and oxygen atoms in total. The van der Waals surface area contributed by atoms with Crippen LogP contribution in [-0.2, 0) is 25.9 Å². The van der Waals surface area contributed by atoms with E-state index in [-0.39, 0.29) is 30.4 Å². The fourth-order valence-electron chi connectivity index (χ4n) is 3.57. The van der Waals surface area contributed by atoms with Gasteiger partial charge in [-0.05, 0) is 48.4 Å². The first-order valence-electron chi connectivity index (χ1n) is 11.3. The van der Waals surface area contributed by atoms with Crippen molar-refractivity contribution in [3.05, 3.63) is 83.3 Å². The van der Waals surface area contributed by atoms with Crippen LogP contribution in [0.4, 0.5) is 30.5 Å². The third-order valence-corrected chi connectivity index (χ3v) is 5.55. The quantitative estimate of drug-likeness (QED) is 0.277. The average molecular weight is 512 g/mol. The van der Waals surface area contributed by atoms with E-state index < -0.39 is 17.6 Å². The van der Waals surface area contributed by atoms with Gasteiger partial charge in [-0.1, -0.05) is 12.1 Å².